The number of rotatable bonds is 12. The first-order valence-corrected chi connectivity index (χ1v) is 15.2. The van der Waals surface area contributed by atoms with E-state index in [4.69, 9.17) is 4.74 Å². The number of hydrogen-bond donors (Lipinski definition) is 0. The summed E-state index contributed by atoms with van der Waals surface area (Å²) in [4.78, 5) is 55.8. The lowest BCUT2D eigenvalue weighted by Crippen LogP contribution is -2.50. The largest absolute Gasteiger partial charge is 0.466 e. The molecule has 1 aromatic rings. The van der Waals surface area contributed by atoms with Crippen molar-refractivity contribution < 1.29 is 28.3 Å². The average Bonchev–Trinajstić information content (AvgIpc) is 3.76. The van der Waals surface area contributed by atoms with Crippen LogP contribution in [0.5, 0.6) is 0 Å². The van der Waals surface area contributed by atoms with Gasteiger partial charge >= 0.3 is 5.97 Å². The number of benzene rings is 1. The van der Waals surface area contributed by atoms with E-state index in [-0.39, 0.29) is 64.6 Å². The van der Waals surface area contributed by atoms with Crippen molar-refractivity contribution in [2.75, 3.05) is 52.4 Å². The molecule has 2 heterocycles. The minimum atomic E-state index is -0.653. The van der Waals surface area contributed by atoms with Crippen LogP contribution in [0.25, 0.3) is 0 Å². The van der Waals surface area contributed by atoms with Crippen LogP contribution in [0.15, 0.2) is 35.9 Å². The second kappa shape index (κ2) is 17.3. The molecule has 8 nitrogen and oxygen atoms in total. The molecule has 234 valence electrons. The zero-order chi connectivity index (χ0) is 28.6. The molecule has 2 saturated heterocycles. The number of esters is 1. The summed E-state index contributed by atoms with van der Waals surface area (Å²) in [6, 6.07) is 5.85. The number of carbonyl (C=O) groups excluding carboxylic acids is 4. The minimum Gasteiger partial charge on any atom is -0.466 e. The highest BCUT2D eigenvalue weighted by molar-refractivity contribution is 8.14. The van der Waals surface area contributed by atoms with Gasteiger partial charge in [0.2, 0.25) is 5.91 Å². The summed E-state index contributed by atoms with van der Waals surface area (Å²) < 4.78 is 19.9. The molecular formula is C30H42Cl2FN3O5S. The molecule has 12 heteroatoms. The van der Waals surface area contributed by atoms with Gasteiger partial charge in [-0.3, -0.25) is 29.0 Å². The number of likely N-dealkylation sites (tertiary alicyclic amines) is 1. The van der Waals surface area contributed by atoms with Gasteiger partial charge in [0, 0.05) is 62.8 Å². The van der Waals surface area contributed by atoms with E-state index in [9.17, 15) is 23.6 Å². The van der Waals surface area contributed by atoms with E-state index in [0.717, 1.165) is 25.0 Å². The normalized spacial score (nSPS) is 21.3. The molecule has 2 atom stereocenters. The zero-order valence-electron chi connectivity index (χ0n) is 24.3. The van der Waals surface area contributed by atoms with Gasteiger partial charge in [0.15, 0.2) is 10.9 Å². The van der Waals surface area contributed by atoms with Crippen LogP contribution in [0, 0.1) is 11.7 Å². The molecular weight excluding hydrogens is 604 g/mol. The molecule has 0 spiro atoms. The Bertz CT molecular complexity index is 1140. The maximum Gasteiger partial charge on any atom is 0.305 e. The maximum atomic E-state index is 14.9. The summed E-state index contributed by atoms with van der Waals surface area (Å²) >= 11 is 1.28. The van der Waals surface area contributed by atoms with Gasteiger partial charge in [-0.2, -0.15) is 0 Å². The molecule has 42 heavy (non-hydrogen) atoms. The smallest absolute Gasteiger partial charge is 0.305 e. The van der Waals surface area contributed by atoms with Crippen molar-refractivity contribution in [2.45, 2.75) is 57.2 Å². The fourth-order valence-electron chi connectivity index (χ4n) is 5.50. The molecule has 1 aliphatic carbocycles. The van der Waals surface area contributed by atoms with Crippen molar-refractivity contribution in [1.82, 2.24) is 14.7 Å². The third-order valence-corrected chi connectivity index (χ3v) is 8.89. The van der Waals surface area contributed by atoms with Crippen LogP contribution in [0.1, 0.15) is 57.6 Å². The summed E-state index contributed by atoms with van der Waals surface area (Å²) in [6.07, 6.45) is 5.39. The van der Waals surface area contributed by atoms with Crippen LogP contribution in [0.4, 0.5) is 4.39 Å². The number of amides is 1. The van der Waals surface area contributed by atoms with Gasteiger partial charge in [0.1, 0.15) is 5.82 Å². The van der Waals surface area contributed by atoms with E-state index >= 15 is 0 Å². The van der Waals surface area contributed by atoms with E-state index in [1.165, 1.54) is 17.8 Å². The Morgan fingerprint density at radius 2 is 1.83 bits per heavy atom. The third kappa shape index (κ3) is 10.0. The van der Waals surface area contributed by atoms with Crippen LogP contribution in [-0.4, -0.2) is 95.1 Å². The number of nitrogens with zero attached hydrogens (tertiary/aromatic N) is 3. The molecule has 1 amide bonds. The van der Waals surface area contributed by atoms with E-state index in [2.05, 4.69) is 4.90 Å². The number of carbonyl (C=O) groups is 4. The van der Waals surface area contributed by atoms with Crippen molar-refractivity contribution in [1.29, 1.82) is 0 Å². The Morgan fingerprint density at radius 3 is 2.48 bits per heavy atom. The Morgan fingerprint density at radius 1 is 1.10 bits per heavy atom. The zero-order valence-corrected chi connectivity index (χ0v) is 26.7. The quantitative estimate of drug-likeness (QED) is 0.243. The molecule has 4 rings (SSSR count). The highest BCUT2D eigenvalue weighted by atomic mass is 35.5. The molecule has 3 fully saturated rings. The fourth-order valence-corrected chi connectivity index (χ4v) is 6.45. The molecule has 1 aromatic carbocycles. The number of piperidine rings is 1. The van der Waals surface area contributed by atoms with Gasteiger partial charge in [-0.05, 0) is 50.8 Å². The number of hydrogen-bond acceptors (Lipinski definition) is 8. The van der Waals surface area contributed by atoms with Crippen LogP contribution < -0.4 is 0 Å². The molecule has 0 bridgehead atoms. The van der Waals surface area contributed by atoms with Crippen LogP contribution >= 0.6 is 36.6 Å². The highest BCUT2D eigenvalue weighted by Crippen LogP contribution is 2.40. The first-order chi connectivity index (χ1) is 19.3. The van der Waals surface area contributed by atoms with Gasteiger partial charge in [-0.15, -0.1) is 24.8 Å². The van der Waals surface area contributed by atoms with Gasteiger partial charge in [0.05, 0.1) is 19.2 Å². The molecule has 0 N–H and O–H groups in total. The lowest BCUT2D eigenvalue weighted by atomic mass is 9.93. The lowest BCUT2D eigenvalue weighted by Gasteiger charge is -2.39. The maximum absolute atomic E-state index is 14.9. The van der Waals surface area contributed by atoms with Crippen molar-refractivity contribution >= 4 is 59.4 Å². The van der Waals surface area contributed by atoms with Crippen LogP contribution in [0.3, 0.4) is 0 Å². The standard InChI is InChI=1S/C30H40FN3O5S.2ClH/c1-3-39-28(37)9-6-14-32-17-18-33(27(36)20-32)15-12-23-19-34(16-13-26(23)40-21(2)35)29(30(38)22-10-11-22)24-7-4-5-8-25(24)31;;/h4-5,7-8,12,22,26,29H,3,6,9-11,13-20H2,1-2H3;2*1H/b23-12-;;. The van der Waals surface area contributed by atoms with E-state index in [1.54, 1.807) is 32.0 Å². The van der Waals surface area contributed by atoms with Crippen molar-refractivity contribution in [3.05, 3.63) is 47.3 Å². The Labute approximate surface area is 264 Å². The van der Waals surface area contributed by atoms with Gasteiger partial charge in [0.25, 0.3) is 0 Å². The Kier molecular flexibility index (Phi) is 15.0. The van der Waals surface area contributed by atoms with Gasteiger partial charge in [-0.25, -0.2) is 4.39 Å². The summed E-state index contributed by atoms with van der Waals surface area (Å²) in [5, 5.41) is -0.0121. The predicted octanol–water partition coefficient (Wildman–Crippen LogP) is 4.46. The number of ketones is 1. The van der Waals surface area contributed by atoms with Gasteiger partial charge in [-0.1, -0.05) is 36.0 Å². The molecule has 2 aliphatic heterocycles. The molecule has 2 unspecified atom stereocenters. The van der Waals surface area contributed by atoms with Crippen molar-refractivity contribution in [3.8, 4) is 0 Å². The summed E-state index contributed by atoms with van der Waals surface area (Å²) in [5.41, 5.74) is 1.41. The monoisotopic (exact) mass is 645 g/mol. The second-order valence-electron chi connectivity index (χ2n) is 10.8. The lowest BCUT2D eigenvalue weighted by molar-refractivity contribution is -0.143. The molecule has 0 aromatic heterocycles. The van der Waals surface area contributed by atoms with E-state index in [0.29, 0.717) is 70.7 Å². The SMILES string of the molecule is CCOC(=O)CCCN1CCN(C/C=C2/CN(C(C(=O)C3CC3)c3ccccc3F)CCC2SC(C)=O)C(=O)C1.Cl.Cl. The predicted molar refractivity (Wildman–Crippen MR) is 167 cm³/mol. The topological polar surface area (TPSA) is 87.2 Å². The van der Waals surface area contributed by atoms with Crippen LogP contribution in [0.2, 0.25) is 0 Å². The molecule has 3 aliphatic rings. The average molecular weight is 647 g/mol. The van der Waals surface area contributed by atoms with E-state index < -0.39 is 6.04 Å². The van der Waals surface area contributed by atoms with Crippen molar-refractivity contribution in [3.63, 3.8) is 0 Å². The fraction of sp³-hybridized carbons (Fsp3) is 0.600. The first kappa shape index (κ1) is 36.2. The Balaban J connectivity index is 0.00000308. The first-order valence-electron chi connectivity index (χ1n) is 14.3. The summed E-state index contributed by atoms with van der Waals surface area (Å²) in [6.45, 7) is 7.43. The second-order valence-corrected chi connectivity index (χ2v) is 12.1. The van der Waals surface area contributed by atoms with Gasteiger partial charge < -0.3 is 9.64 Å². The number of piperazine rings is 1. The molecule has 0 radical (unpaired) electrons. The number of ether oxygens (including phenoxy) is 1. The Hall–Kier alpha value is -1.98. The minimum absolute atomic E-state index is 0. The molecule has 1 saturated carbocycles. The van der Waals surface area contributed by atoms with E-state index in [1.807, 2.05) is 15.9 Å². The third-order valence-electron chi connectivity index (χ3n) is 7.73. The number of thioether (sulfide) groups is 1. The van der Waals surface area contributed by atoms with Crippen LogP contribution in [-0.2, 0) is 23.9 Å². The number of halogens is 3. The highest BCUT2D eigenvalue weighted by Gasteiger charge is 2.41. The van der Waals surface area contributed by atoms with Crippen molar-refractivity contribution in [2.24, 2.45) is 5.92 Å². The summed E-state index contributed by atoms with van der Waals surface area (Å²) in [7, 11) is 0. The summed E-state index contributed by atoms with van der Waals surface area (Å²) in [5.74, 6) is -0.521. The number of Topliss-reactive ketones (excluding diaryl/α,β-unsaturated/α-hetero) is 1.